The van der Waals surface area contributed by atoms with Crippen LogP contribution in [0.5, 0.6) is 0 Å². The van der Waals surface area contributed by atoms with E-state index in [1.807, 2.05) is 11.9 Å². The Kier molecular flexibility index (Phi) is 4.29. The summed E-state index contributed by atoms with van der Waals surface area (Å²) in [4.78, 5) is 14.3. The highest BCUT2D eigenvalue weighted by Gasteiger charge is 2.34. The SMILES string of the molecule is CCc1ccc(N(C)C(=O)CC2CC3CCC(C2)N3)cc1. The number of anilines is 1. The number of hydrogen-bond acceptors (Lipinski definition) is 2. The summed E-state index contributed by atoms with van der Waals surface area (Å²) in [7, 11) is 1.90. The van der Waals surface area contributed by atoms with Crippen LogP contribution in [0.1, 0.15) is 44.6 Å². The molecule has 21 heavy (non-hydrogen) atoms. The van der Waals surface area contributed by atoms with Gasteiger partial charge >= 0.3 is 0 Å². The lowest BCUT2D eigenvalue weighted by molar-refractivity contribution is -0.119. The smallest absolute Gasteiger partial charge is 0.226 e. The van der Waals surface area contributed by atoms with E-state index in [1.54, 1.807) is 0 Å². The van der Waals surface area contributed by atoms with Crippen LogP contribution in [-0.4, -0.2) is 25.0 Å². The first-order chi connectivity index (χ1) is 10.2. The monoisotopic (exact) mass is 286 g/mol. The Bertz CT molecular complexity index is 484. The third kappa shape index (κ3) is 3.29. The summed E-state index contributed by atoms with van der Waals surface area (Å²) < 4.78 is 0. The van der Waals surface area contributed by atoms with Crippen molar-refractivity contribution < 1.29 is 4.79 Å². The van der Waals surface area contributed by atoms with Gasteiger partial charge in [0.1, 0.15) is 0 Å². The Labute approximate surface area is 127 Å². The van der Waals surface area contributed by atoms with Gasteiger partial charge in [-0.15, -0.1) is 0 Å². The van der Waals surface area contributed by atoms with E-state index in [4.69, 9.17) is 0 Å². The van der Waals surface area contributed by atoms with Gasteiger partial charge in [-0.05, 0) is 55.7 Å². The number of aryl methyl sites for hydroxylation is 1. The van der Waals surface area contributed by atoms with Gasteiger partial charge in [0.25, 0.3) is 0 Å². The van der Waals surface area contributed by atoms with E-state index in [1.165, 1.54) is 31.2 Å². The number of piperidine rings is 1. The van der Waals surface area contributed by atoms with Crippen LogP contribution in [0, 0.1) is 5.92 Å². The van der Waals surface area contributed by atoms with Gasteiger partial charge in [-0.1, -0.05) is 19.1 Å². The van der Waals surface area contributed by atoms with Crippen molar-refractivity contribution in [2.24, 2.45) is 5.92 Å². The van der Waals surface area contributed by atoms with Crippen LogP contribution < -0.4 is 10.2 Å². The van der Waals surface area contributed by atoms with Gasteiger partial charge in [0.05, 0.1) is 0 Å². The van der Waals surface area contributed by atoms with Crippen molar-refractivity contribution in [3.63, 3.8) is 0 Å². The number of rotatable bonds is 4. The van der Waals surface area contributed by atoms with Gasteiger partial charge in [-0.2, -0.15) is 0 Å². The molecule has 0 saturated carbocycles. The highest BCUT2D eigenvalue weighted by atomic mass is 16.2. The van der Waals surface area contributed by atoms with E-state index < -0.39 is 0 Å². The van der Waals surface area contributed by atoms with Crippen molar-refractivity contribution in [3.05, 3.63) is 29.8 Å². The normalized spacial score (nSPS) is 27.6. The van der Waals surface area contributed by atoms with Gasteiger partial charge in [0.15, 0.2) is 0 Å². The molecule has 2 fully saturated rings. The van der Waals surface area contributed by atoms with Gasteiger partial charge in [-0.3, -0.25) is 4.79 Å². The highest BCUT2D eigenvalue weighted by molar-refractivity contribution is 5.92. The topological polar surface area (TPSA) is 32.3 Å². The molecular weight excluding hydrogens is 260 g/mol. The van der Waals surface area contributed by atoms with Crippen LogP contribution in [0.3, 0.4) is 0 Å². The molecule has 0 spiro atoms. The van der Waals surface area contributed by atoms with Crippen LogP contribution in [-0.2, 0) is 11.2 Å². The molecule has 2 aliphatic heterocycles. The summed E-state index contributed by atoms with van der Waals surface area (Å²) in [6.45, 7) is 2.15. The predicted octanol–water partition coefficient (Wildman–Crippen LogP) is 3.13. The molecule has 0 aliphatic carbocycles. The molecule has 3 heteroatoms. The molecule has 0 aromatic heterocycles. The molecule has 2 aliphatic rings. The molecule has 1 N–H and O–H groups in total. The molecule has 114 valence electrons. The van der Waals surface area contributed by atoms with Crippen molar-refractivity contribution in [3.8, 4) is 0 Å². The van der Waals surface area contributed by atoms with Crippen molar-refractivity contribution in [1.82, 2.24) is 5.32 Å². The first-order valence-electron chi connectivity index (χ1n) is 8.27. The second-order valence-corrected chi connectivity index (χ2v) is 6.65. The summed E-state index contributed by atoms with van der Waals surface area (Å²) in [6.07, 6.45) is 6.67. The zero-order valence-corrected chi connectivity index (χ0v) is 13.1. The van der Waals surface area contributed by atoms with Gasteiger partial charge < -0.3 is 10.2 Å². The second-order valence-electron chi connectivity index (χ2n) is 6.65. The maximum Gasteiger partial charge on any atom is 0.226 e. The quantitative estimate of drug-likeness (QED) is 0.922. The molecule has 2 bridgehead atoms. The Hall–Kier alpha value is -1.35. The summed E-state index contributed by atoms with van der Waals surface area (Å²) in [5.74, 6) is 0.819. The minimum absolute atomic E-state index is 0.255. The Balaban J connectivity index is 1.59. The minimum Gasteiger partial charge on any atom is -0.315 e. The Morgan fingerprint density at radius 3 is 2.38 bits per heavy atom. The number of carbonyl (C=O) groups excluding carboxylic acids is 1. The molecule has 2 heterocycles. The van der Waals surface area contributed by atoms with Crippen LogP contribution in [0.15, 0.2) is 24.3 Å². The molecule has 3 rings (SSSR count). The summed E-state index contributed by atoms with van der Waals surface area (Å²) in [5, 5.41) is 3.64. The predicted molar refractivity (Wildman–Crippen MR) is 86.5 cm³/mol. The summed E-state index contributed by atoms with van der Waals surface area (Å²) in [6, 6.07) is 9.67. The largest absolute Gasteiger partial charge is 0.315 e. The fourth-order valence-corrected chi connectivity index (χ4v) is 3.82. The van der Waals surface area contributed by atoms with E-state index in [2.05, 4.69) is 36.5 Å². The van der Waals surface area contributed by atoms with E-state index in [9.17, 15) is 4.79 Å². The molecule has 2 atom stereocenters. The molecule has 0 radical (unpaired) electrons. The van der Waals surface area contributed by atoms with Crippen LogP contribution in [0.2, 0.25) is 0 Å². The standard InChI is InChI=1S/C18H26N2O/c1-3-13-4-8-17(9-5-13)20(2)18(21)12-14-10-15-6-7-16(11-14)19-15/h4-5,8-9,14-16,19H,3,6-7,10-12H2,1-2H3. The molecule has 2 unspecified atom stereocenters. The Morgan fingerprint density at radius 1 is 1.19 bits per heavy atom. The average Bonchev–Trinajstić information content (AvgIpc) is 2.85. The third-order valence-corrected chi connectivity index (χ3v) is 5.14. The zero-order chi connectivity index (χ0) is 14.8. The van der Waals surface area contributed by atoms with Crippen molar-refractivity contribution in [2.45, 2.75) is 57.5 Å². The highest BCUT2D eigenvalue weighted by Crippen LogP contribution is 2.33. The van der Waals surface area contributed by atoms with Crippen molar-refractivity contribution in [2.75, 3.05) is 11.9 Å². The minimum atomic E-state index is 0.255. The fraction of sp³-hybridized carbons (Fsp3) is 0.611. The maximum absolute atomic E-state index is 12.5. The molecule has 3 nitrogen and oxygen atoms in total. The van der Waals surface area contributed by atoms with Crippen LogP contribution in [0.25, 0.3) is 0 Å². The van der Waals surface area contributed by atoms with Crippen molar-refractivity contribution in [1.29, 1.82) is 0 Å². The van der Waals surface area contributed by atoms with Crippen molar-refractivity contribution >= 4 is 11.6 Å². The van der Waals surface area contributed by atoms with Crippen LogP contribution in [0.4, 0.5) is 5.69 Å². The van der Waals surface area contributed by atoms with Gasteiger partial charge in [0, 0.05) is 31.2 Å². The zero-order valence-electron chi connectivity index (χ0n) is 13.1. The van der Waals surface area contributed by atoms with E-state index in [-0.39, 0.29) is 5.91 Å². The van der Waals surface area contributed by atoms with Gasteiger partial charge in [0.2, 0.25) is 5.91 Å². The van der Waals surface area contributed by atoms with E-state index in [0.717, 1.165) is 12.1 Å². The molecule has 1 aromatic carbocycles. The average molecular weight is 286 g/mol. The third-order valence-electron chi connectivity index (χ3n) is 5.14. The van der Waals surface area contributed by atoms with E-state index >= 15 is 0 Å². The fourth-order valence-electron chi connectivity index (χ4n) is 3.82. The summed E-state index contributed by atoms with van der Waals surface area (Å²) >= 11 is 0. The number of benzene rings is 1. The molecular formula is C18H26N2O. The molecule has 1 aromatic rings. The second kappa shape index (κ2) is 6.18. The number of fused-ring (bicyclic) bond motifs is 2. The Morgan fingerprint density at radius 2 is 1.81 bits per heavy atom. The lowest BCUT2D eigenvalue weighted by atomic mass is 9.89. The first kappa shape index (κ1) is 14.6. The van der Waals surface area contributed by atoms with Gasteiger partial charge in [-0.25, -0.2) is 0 Å². The van der Waals surface area contributed by atoms with E-state index in [0.29, 0.717) is 24.4 Å². The number of carbonyl (C=O) groups is 1. The number of nitrogens with one attached hydrogen (secondary N) is 1. The number of nitrogens with zero attached hydrogens (tertiary/aromatic N) is 1. The first-order valence-corrected chi connectivity index (χ1v) is 8.27. The molecule has 1 amide bonds. The summed E-state index contributed by atoms with van der Waals surface area (Å²) in [5.41, 5.74) is 2.32. The van der Waals surface area contributed by atoms with Crippen LogP contribution >= 0.6 is 0 Å². The molecule has 2 saturated heterocycles. The lowest BCUT2D eigenvalue weighted by Crippen LogP contribution is -2.40. The lowest BCUT2D eigenvalue weighted by Gasteiger charge is -2.30. The number of hydrogen-bond donors (Lipinski definition) is 1. The maximum atomic E-state index is 12.5. The number of amides is 1.